The lowest BCUT2D eigenvalue weighted by atomic mass is 9.74. The lowest BCUT2D eigenvalue weighted by Gasteiger charge is -2.45. The second-order valence-electron chi connectivity index (χ2n) is 11.8. The molecule has 40 heavy (non-hydrogen) atoms. The maximum atomic E-state index is 14.0. The van der Waals surface area contributed by atoms with E-state index in [1.54, 1.807) is 6.07 Å². The minimum atomic E-state index is -0.361. The number of likely N-dealkylation sites (N-methyl/N-ethyl adjacent to an activating group) is 1. The summed E-state index contributed by atoms with van der Waals surface area (Å²) in [5.41, 5.74) is 3.64. The van der Waals surface area contributed by atoms with Gasteiger partial charge < -0.3 is 19.9 Å². The molecule has 2 aromatic carbocycles. The van der Waals surface area contributed by atoms with Crippen LogP contribution in [-0.2, 0) is 22.6 Å². The van der Waals surface area contributed by atoms with Crippen LogP contribution >= 0.6 is 0 Å². The van der Waals surface area contributed by atoms with Crippen molar-refractivity contribution in [3.8, 4) is 5.75 Å². The maximum Gasteiger partial charge on any atom is 0.223 e. The summed E-state index contributed by atoms with van der Waals surface area (Å²) in [6, 6.07) is 13.9. The summed E-state index contributed by atoms with van der Waals surface area (Å²) in [5, 5.41) is 3.20. The van der Waals surface area contributed by atoms with Crippen molar-refractivity contribution in [2.45, 2.75) is 70.0 Å². The van der Waals surface area contributed by atoms with E-state index in [1.165, 1.54) is 24.3 Å². The molecule has 0 atom stereocenters. The Morgan fingerprint density at radius 2 is 1.75 bits per heavy atom. The number of hydrogen-bond acceptors (Lipinski definition) is 5. The van der Waals surface area contributed by atoms with E-state index in [2.05, 4.69) is 60.4 Å². The van der Waals surface area contributed by atoms with Gasteiger partial charge in [-0.1, -0.05) is 35.9 Å². The molecule has 2 amide bonds. The quantitative estimate of drug-likeness (QED) is 0.480. The molecule has 8 heteroatoms. The van der Waals surface area contributed by atoms with Crippen molar-refractivity contribution >= 4 is 11.8 Å². The molecule has 0 spiro atoms. The third-order valence-electron chi connectivity index (χ3n) is 8.76. The first-order valence-corrected chi connectivity index (χ1v) is 14.5. The number of ether oxygens (including phenoxy) is 1. The number of benzene rings is 2. The van der Waals surface area contributed by atoms with E-state index in [4.69, 9.17) is 4.74 Å². The average molecular weight is 553 g/mol. The second kappa shape index (κ2) is 13.6. The zero-order chi connectivity index (χ0) is 28.7. The fourth-order valence-corrected chi connectivity index (χ4v) is 6.18. The van der Waals surface area contributed by atoms with Crippen LogP contribution in [0, 0.1) is 12.7 Å². The van der Waals surface area contributed by atoms with Crippen molar-refractivity contribution < 1.29 is 18.7 Å². The topological polar surface area (TPSA) is 65.1 Å². The number of amides is 2. The normalized spacial score (nSPS) is 21.9. The lowest BCUT2D eigenvalue weighted by Crippen LogP contribution is -2.52. The number of aryl methyl sites for hydroxylation is 1. The highest BCUT2D eigenvalue weighted by atomic mass is 19.1. The van der Waals surface area contributed by atoms with E-state index in [-0.39, 0.29) is 47.8 Å². The van der Waals surface area contributed by atoms with E-state index in [0.717, 1.165) is 50.8 Å². The van der Waals surface area contributed by atoms with E-state index < -0.39 is 0 Å². The molecule has 2 aromatic rings. The van der Waals surface area contributed by atoms with Gasteiger partial charge in [0.1, 0.15) is 0 Å². The standard InChI is InChI=1S/C32H45FN4O3/c1-24-6-5-7-25(20-24)22-32(35(2)3)14-12-27(13-15-32)34-30(38)10-11-31(39)37-18-16-36(17-19-37)23-26-8-9-29(40-4)28(33)21-26/h5-9,20-21,27H,10-19,22-23H2,1-4H3,(H,34,38). The van der Waals surface area contributed by atoms with Crippen molar-refractivity contribution in [2.24, 2.45) is 0 Å². The Morgan fingerprint density at radius 1 is 1.02 bits per heavy atom. The monoisotopic (exact) mass is 552 g/mol. The molecule has 0 unspecified atom stereocenters. The van der Waals surface area contributed by atoms with Gasteiger partial charge in [-0.3, -0.25) is 14.5 Å². The molecule has 2 aliphatic rings. The smallest absolute Gasteiger partial charge is 0.223 e. The van der Waals surface area contributed by atoms with Gasteiger partial charge in [-0.05, 0) is 76.4 Å². The minimum Gasteiger partial charge on any atom is -0.494 e. The van der Waals surface area contributed by atoms with Crippen LogP contribution in [0.5, 0.6) is 5.75 Å². The fourth-order valence-electron chi connectivity index (χ4n) is 6.18. The Balaban J connectivity index is 1.16. The van der Waals surface area contributed by atoms with Gasteiger partial charge in [0.2, 0.25) is 11.8 Å². The molecule has 1 heterocycles. The highest BCUT2D eigenvalue weighted by molar-refractivity contribution is 5.84. The maximum absolute atomic E-state index is 14.0. The molecule has 1 saturated carbocycles. The Morgan fingerprint density at radius 3 is 2.38 bits per heavy atom. The van der Waals surface area contributed by atoms with Crippen molar-refractivity contribution in [2.75, 3.05) is 47.4 Å². The van der Waals surface area contributed by atoms with E-state index in [9.17, 15) is 14.0 Å². The molecular weight excluding hydrogens is 507 g/mol. The number of piperazine rings is 1. The van der Waals surface area contributed by atoms with Crippen LogP contribution in [0.3, 0.4) is 0 Å². The van der Waals surface area contributed by atoms with Crippen LogP contribution in [0.25, 0.3) is 0 Å². The summed E-state index contributed by atoms with van der Waals surface area (Å²) in [5.74, 6) is -0.126. The molecule has 1 aliphatic heterocycles. The summed E-state index contributed by atoms with van der Waals surface area (Å²) in [4.78, 5) is 31.9. The van der Waals surface area contributed by atoms with Crippen molar-refractivity contribution in [3.63, 3.8) is 0 Å². The molecule has 218 valence electrons. The number of nitrogens with one attached hydrogen (secondary N) is 1. The van der Waals surface area contributed by atoms with Gasteiger partial charge in [0.25, 0.3) is 0 Å². The van der Waals surface area contributed by atoms with Crippen LogP contribution < -0.4 is 10.1 Å². The summed E-state index contributed by atoms with van der Waals surface area (Å²) in [6.45, 7) is 5.46. The number of methoxy groups -OCH3 is 1. The summed E-state index contributed by atoms with van der Waals surface area (Å²) < 4.78 is 19.0. The van der Waals surface area contributed by atoms with E-state index in [0.29, 0.717) is 19.6 Å². The number of carbonyl (C=O) groups is 2. The van der Waals surface area contributed by atoms with Gasteiger partial charge in [0.05, 0.1) is 7.11 Å². The third kappa shape index (κ3) is 7.82. The number of hydrogen-bond donors (Lipinski definition) is 1. The predicted octanol–water partition coefficient (Wildman–Crippen LogP) is 4.17. The van der Waals surface area contributed by atoms with Gasteiger partial charge >= 0.3 is 0 Å². The summed E-state index contributed by atoms with van der Waals surface area (Å²) >= 11 is 0. The molecule has 7 nitrogen and oxygen atoms in total. The minimum absolute atomic E-state index is 0.0266. The highest BCUT2D eigenvalue weighted by Gasteiger charge is 2.37. The molecule has 1 N–H and O–H groups in total. The highest BCUT2D eigenvalue weighted by Crippen LogP contribution is 2.35. The van der Waals surface area contributed by atoms with Crippen LogP contribution in [0.2, 0.25) is 0 Å². The fraction of sp³-hybridized carbons (Fsp3) is 0.562. The summed E-state index contributed by atoms with van der Waals surface area (Å²) in [7, 11) is 5.79. The van der Waals surface area contributed by atoms with E-state index in [1.807, 2.05) is 11.0 Å². The van der Waals surface area contributed by atoms with Gasteiger partial charge in [0.15, 0.2) is 11.6 Å². The Hall–Kier alpha value is -2.97. The molecule has 0 bridgehead atoms. The van der Waals surface area contributed by atoms with Gasteiger partial charge in [-0.2, -0.15) is 0 Å². The molecule has 1 saturated heterocycles. The largest absolute Gasteiger partial charge is 0.494 e. The number of nitrogens with zero attached hydrogens (tertiary/aromatic N) is 3. The van der Waals surface area contributed by atoms with Crippen LogP contribution in [0.15, 0.2) is 42.5 Å². The Bertz CT molecular complexity index is 1150. The first-order chi connectivity index (χ1) is 19.2. The molecule has 0 aromatic heterocycles. The first kappa shape index (κ1) is 30.0. The second-order valence-corrected chi connectivity index (χ2v) is 11.8. The molecule has 2 fully saturated rings. The van der Waals surface area contributed by atoms with Crippen molar-refractivity contribution in [1.29, 1.82) is 0 Å². The zero-order valence-corrected chi connectivity index (χ0v) is 24.5. The number of halogens is 1. The molecule has 4 rings (SSSR count). The SMILES string of the molecule is COc1ccc(CN2CCN(C(=O)CCC(=O)NC3CCC(Cc4cccc(C)c4)(N(C)C)CC3)CC2)cc1F. The predicted molar refractivity (Wildman–Crippen MR) is 156 cm³/mol. The van der Waals surface area contributed by atoms with Crippen molar-refractivity contribution in [3.05, 3.63) is 65.0 Å². The third-order valence-corrected chi connectivity index (χ3v) is 8.76. The molecule has 0 radical (unpaired) electrons. The van der Waals surface area contributed by atoms with Crippen LogP contribution in [0.1, 0.15) is 55.2 Å². The zero-order valence-electron chi connectivity index (χ0n) is 24.5. The Labute approximate surface area is 238 Å². The number of carbonyl (C=O) groups excluding carboxylic acids is 2. The van der Waals surface area contributed by atoms with Gasteiger partial charge in [0, 0.05) is 57.1 Å². The Kier molecular flexibility index (Phi) is 10.2. The van der Waals surface area contributed by atoms with E-state index >= 15 is 0 Å². The first-order valence-electron chi connectivity index (χ1n) is 14.5. The van der Waals surface area contributed by atoms with Crippen LogP contribution in [-0.4, -0.2) is 85.5 Å². The molecular formula is C32H45FN4O3. The lowest BCUT2D eigenvalue weighted by molar-refractivity contribution is -0.135. The van der Waals surface area contributed by atoms with Crippen LogP contribution in [0.4, 0.5) is 4.39 Å². The number of rotatable bonds is 10. The molecule has 1 aliphatic carbocycles. The van der Waals surface area contributed by atoms with Gasteiger partial charge in [-0.15, -0.1) is 0 Å². The van der Waals surface area contributed by atoms with Crippen molar-refractivity contribution in [1.82, 2.24) is 20.0 Å². The average Bonchev–Trinajstić information content (AvgIpc) is 2.93. The summed E-state index contributed by atoms with van der Waals surface area (Å²) in [6.07, 6.45) is 5.44. The van der Waals surface area contributed by atoms with Gasteiger partial charge in [-0.25, -0.2) is 4.39 Å².